The summed E-state index contributed by atoms with van der Waals surface area (Å²) < 4.78 is 0.829. The lowest BCUT2D eigenvalue weighted by Gasteiger charge is -1.88. The Kier molecular flexibility index (Phi) is 3.57. The molecule has 0 N–H and O–H groups in total. The smallest absolute Gasteiger partial charge is 0.0629 e. The van der Waals surface area contributed by atoms with Crippen LogP contribution in [0.4, 0.5) is 0 Å². The lowest BCUT2D eigenvalue weighted by molar-refractivity contribution is 1.03. The Balaban J connectivity index is 2.78. The molecule has 2 heterocycles. The van der Waals surface area contributed by atoms with Crippen LogP contribution in [0.25, 0.3) is 0 Å². The van der Waals surface area contributed by atoms with Crippen LogP contribution in [0.3, 0.4) is 0 Å². The number of rotatable bonds is 1. The molecule has 12 heavy (non-hydrogen) atoms. The second kappa shape index (κ2) is 4.00. The van der Waals surface area contributed by atoms with Crippen molar-refractivity contribution in [3.8, 4) is 0 Å². The molecule has 2 aliphatic rings. The third kappa shape index (κ3) is 1.68. The molecule has 0 saturated carbocycles. The summed E-state index contributed by atoms with van der Waals surface area (Å²) in [4.78, 5) is 0. The molecule has 2 rings (SSSR count). The van der Waals surface area contributed by atoms with E-state index in [1.165, 1.54) is 15.3 Å². The van der Waals surface area contributed by atoms with E-state index < -0.39 is 0 Å². The van der Waals surface area contributed by atoms with Gasteiger partial charge in [0.05, 0.1) is 0 Å². The molecule has 0 radical (unpaired) electrons. The zero-order valence-corrected chi connectivity index (χ0v) is 13.6. The van der Waals surface area contributed by atoms with Crippen molar-refractivity contribution in [2.45, 2.75) is 18.0 Å². The summed E-state index contributed by atoms with van der Waals surface area (Å²) in [6.45, 7) is 2.78. The van der Waals surface area contributed by atoms with E-state index in [9.17, 15) is 0 Å². The average molecular weight is 326 g/mol. The molecule has 0 bridgehead atoms. The Hall–Kier alpha value is 2.22. The van der Waals surface area contributed by atoms with Gasteiger partial charge in [0.25, 0.3) is 0 Å². The highest BCUT2D eigenvalue weighted by atomic mass is 33.4. The Morgan fingerprint density at radius 2 is 2.42 bits per heavy atom. The molecular formula is C3H5P3S6. The molecule has 0 aromatic rings. The van der Waals surface area contributed by atoms with Crippen molar-refractivity contribution in [2.24, 2.45) is 0 Å². The summed E-state index contributed by atoms with van der Waals surface area (Å²) in [5, 5.41) is 0. The van der Waals surface area contributed by atoms with Gasteiger partial charge < -0.3 is 0 Å². The third-order valence-electron chi connectivity index (χ3n) is 1.70. The van der Waals surface area contributed by atoms with Crippen molar-refractivity contribution in [3.63, 3.8) is 0 Å². The molecule has 0 saturated heterocycles. The number of fused-ring (bicyclic) bond motifs is 1. The Bertz CT molecular complexity index is 609. The molecule has 3 atom stereocenters. The summed E-state index contributed by atoms with van der Waals surface area (Å²) >= 11 is 10.3. The van der Waals surface area contributed by atoms with Crippen LogP contribution >= 0.6 is 20.3 Å². The maximum Gasteiger partial charge on any atom is 0.113 e. The van der Waals surface area contributed by atoms with E-state index in [2.05, 4.69) is 6.92 Å². The van der Waals surface area contributed by atoms with Crippen LogP contribution in [-0.4, -0.2) is 4.64 Å². The van der Waals surface area contributed by atoms with Gasteiger partial charge >= 0.3 is 0 Å². The second-order valence-electron chi connectivity index (χ2n) is 2.21. The van der Waals surface area contributed by atoms with Gasteiger partial charge in [0.15, 0.2) is 0 Å². The van der Waals surface area contributed by atoms with E-state index >= 15 is 0 Å². The van der Waals surface area contributed by atoms with E-state index in [1.54, 1.807) is 16.7 Å². The summed E-state index contributed by atoms with van der Waals surface area (Å²) in [6, 6.07) is 0. The Labute approximate surface area is 93.5 Å². The first-order valence-corrected chi connectivity index (χ1v) is 15.8. The maximum atomic E-state index is 5.49. The number of hydrogen-bond acceptors (Lipinski definition) is 2. The van der Waals surface area contributed by atoms with Crippen molar-refractivity contribution in [2.75, 3.05) is 0 Å². The molecular weight excluding hydrogens is 321 g/mol. The lowest BCUT2D eigenvalue weighted by atomic mass is 10.6. The predicted octanol–water partition coefficient (Wildman–Crippen LogP) is 3.27. The van der Waals surface area contributed by atoms with E-state index in [-0.39, 0.29) is 7.19 Å². The molecule has 3 unspecified atom stereocenters. The van der Waals surface area contributed by atoms with Gasteiger partial charge in [0.2, 0.25) is 0 Å². The molecule has 9 heteroatoms. The van der Waals surface area contributed by atoms with Gasteiger partial charge in [-0.3, -0.25) is 0 Å². The van der Waals surface area contributed by atoms with Gasteiger partial charge in [0.1, 0.15) is 4.64 Å². The van der Waals surface area contributed by atoms with Crippen molar-refractivity contribution in [1.82, 2.24) is 0 Å². The van der Waals surface area contributed by atoms with Crippen LogP contribution in [0.15, 0.2) is 0 Å². The minimum Gasteiger partial charge on any atom is -0.0629 e. The molecule has 0 aromatic carbocycles. The first-order chi connectivity index (χ1) is 5.76. The molecule has 0 aromatic heterocycles. The third-order valence-corrected chi connectivity index (χ3v) is 36.5. The molecule has 0 nitrogen and oxygen atoms in total. The fraction of sp³-hybridized carbons (Fsp3) is 1.00. The fourth-order valence-electron chi connectivity index (χ4n) is 0.977. The summed E-state index contributed by atoms with van der Waals surface area (Å²) in [7, 11) is 6.97. The molecule has 2 aliphatic heterocycles. The van der Waals surface area contributed by atoms with Crippen LogP contribution in [0, 0.1) is 0 Å². The lowest BCUT2D eigenvalue weighted by Crippen LogP contribution is -1.80. The van der Waals surface area contributed by atoms with Gasteiger partial charge in [-0.05, 0) is 83.0 Å². The van der Waals surface area contributed by atoms with Gasteiger partial charge in [-0.2, -0.15) is 0 Å². The van der Waals surface area contributed by atoms with Crippen molar-refractivity contribution >= 4 is 76.6 Å². The van der Waals surface area contributed by atoms with E-state index in [0.717, 1.165) is 4.64 Å². The zero-order valence-electron chi connectivity index (χ0n) is 6.00. The monoisotopic (exact) mass is 326 g/mol. The van der Waals surface area contributed by atoms with Gasteiger partial charge in [0, 0.05) is 0 Å². The second-order valence-corrected chi connectivity index (χ2v) is 24.9. The molecule has 0 spiro atoms. The first-order valence-electron chi connectivity index (χ1n) is 3.15. The van der Waals surface area contributed by atoms with E-state index in [4.69, 9.17) is 22.4 Å². The van der Waals surface area contributed by atoms with E-state index in [0.29, 0.717) is 12.5 Å². The summed E-state index contributed by atoms with van der Waals surface area (Å²) in [5.74, 6) is 0.306. The van der Waals surface area contributed by atoms with Gasteiger partial charge in [-0.1, -0.05) is 6.92 Å². The molecule has 0 amide bonds. The Morgan fingerprint density at radius 3 is 2.83 bits per heavy atom. The highest BCUT2D eigenvalue weighted by Gasteiger charge is 2.54. The predicted molar refractivity (Wildman–Crippen MR) is 78.0 cm³/mol. The van der Waals surface area contributed by atoms with Crippen LogP contribution in [0.2, 0.25) is 0 Å². The average Bonchev–Trinajstić information content (AvgIpc) is 2.87. The first kappa shape index (κ1) is 10.7. The van der Waals surface area contributed by atoms with Crippen molar-refractivity contribution in [3.05, 3.63) is 0 Å². The SMILES string of the molecule is CCC12P=P1=P2=S(=S)=S=S=S=S. The maximum absolute atomic E-state index is 5.49. The van der Waals surface area contributed by atoms with Crippen LogP contribution in [-0.2, 0) is 56.2 Å². The van der Waals surface area contributed by atoms with Gasteiger partial charge in [-0.25, -0.2) is 0 Å². The summed E-state index contributed by atoms with van der Waals surface area (Å²) in [5.41, 5.74) is 0. The molecule has 0 fully saturated rings. The summed E-state index contributed by atoms with van der Waals surface area (Å²) in [6.07, 6.45) is 1.39. The highest BCUT2D eigenvalue weighted by Crippen LogP contribution is 2.98. The molecule has 0 aliphatic carbocycles. The topological polar surface area (TPSA) is 0 Å². The van der Waals surface area contributed by atoms with E-state index in [1.807, 2.05) is 8.88 Å². The fourth-order valence-corrected chi connectivity index (χ4v) is 49.1. The van der Waals surface area contributed by atoms with Crippen molar-refractivity contribution < 1.29 is 0 Å². The standard InChI is InChI=1S/C3H5P3S6/c1-2-3-4-5(3)6(3)12(8)11-10-9-7/h2H2,1H3. The zero-order chi connectivity index (χ0) is 8.77. The number of hydrogen-bond donors (Lipinski definition) is 0. The minimum absolute atomic E-state index is 0.232. The van der Waals surface area contributed by atoms with Crippen LogP contribution in [0.5, 0.6) is 0 Å². The Morgan fingerprint density at radius 1 is 1.67 bits per heavy atom. The van der Waals surface area contributed by atoms with Crippen LogP contribution < -0.4 is 0 Å². The normalized spacial score (nSPS) is 35.8. The minimum atomic E-state index is 0.232. The largest absolute Gasteiger partial charge is 0.113 e. The van der Waals surface area contributed by atoms with Crippen molar-refractivity contribution in [1.29, 1.82) is 0 Å². The molecule has 68 valence electrons. The van der Waals surface area contributed by atoms with Crippen LogP contribution in [0.1, 0.15) is 13.3 Å². The quantitative estimate of drug-likeness (QED) is 0.679. The van der Waals surface area contributed by atoms with Gasteiger partial charge in [-0.15, -0.1) is 0 Å². The highest BCUT2D eigenvalue weighted by molar-refractivity contribution is 8.80.